The maximum atomic E-state index is 15.3. The summed E-state index contributed by atoms with van der Waals surface area (Å²) in [4.78, 5) is 0. The molecule has 0 amide bonds. The molecule has 0 N–H and O–H groups in total. The average molecular weight is 463 g/mol. The van der Waals surface area contributed by atoms with Gasteiger partial charge in [-0.2, -0.15) is 0 Å². The molecule has 3 aromatic rings. The lowest BCUT2D eigenvalue weighted by atomic mass is 9.87. The molecule has 0 saturated heterocycles. The van der Waals surface area contributed by atoms with Crippen molar-refractivity contribution in [3.8, 4) is 0 Å². The second-order valence-corrected chi connectivity index (χ2v) is 9.23. The highest BCUT2D eigenvalue weighted by Crippen LogP contribution is 2.32. The minimum absolute atomic E-state index is 0.00877. The Morgan fingerprint density at radius 3 is 1.84 bits per heavy atom. The molecule has 0 spiro atoms. The van der Waals surface area contributed by atoms with Gasteiger partial charge in [-0.05, 0) is 71.0 Å². The zero-order valence-corrected chi connectivity index (χ0v) is 19.4. The van der Waals surface area contributed by atoms with Crippen molar-refractivity contribution < 1.29 is 17.6 Å². The Bertz CT molecular complexity index is 1090. The van der Waals surface area contributed by atoms with Gasteiger partial charge in [0.2, 0.25) is 0 Å². The van der Waals surface area contributed by atoms with Gasteiger partial charge in [-0.3, -0.25) is 0 Å². The summed E-state index contributed by atoms with van der Waals surface area (Å²) in [5.41, 5.74) is 1.68. The molecular formula is C27H27ClF4. The third kappa shape index (κ3) is 5.17. The van der Waals surface area contributed by atoms with Gasteiger partial charge in [0.1, 0.15) is 11.6 Å². The fourth-order valence-corrected chi connectivity index (χ4v) is 4.23. The Morgan fingerprint density at radius 2 is 1.22 bits per heavy atom. The van der Waals surface area contributed by atoms with E-state index in [4.69, 9.17) is 11.6 Å². The molecule has 0 aromatic heterocycles. The Balaban J connectivity index is 1.86. The van der Waals surface area contributed by atoms with E-state index in [9.17, 15) is 13.2 Å². The van der Waals surface area contributed by atoms with Crippen molar-refractivity contribution in [1.29, 1.82) is 0 Å². The van der Waals surface area contributed by atoms with E-state index in [1.807, 2.05) is 19.1 Å². The van der Waals surface area contributed by atoms with E-state index in [-0.39, 0.29) is 34.9 Å². The standard InChI is InChI=1S/C27H27ClF4/c1-15(2)22-11-7-20(26(31)27(22)32)14-17(4)24-23(29)12-8-19(25(24)30)13-16(3)18-5-9-21(28)10-6-18/h5-12,15-17H,13-14H2,1-4H3. The third-order valence-electron chi connectivity index (χ3n) is 6.00. The normalized spacial score (nSPS) is 13.4. The number of hydrogen-bond acceptors (Lipinski definition) is 0. The molecule has 0 fully saturated rings. The van der Waals surface area contributed by atoms with E-state index in [0.717, 1.165) is 5.56 Å². The van der Waals surface area contributed by atoms with E-state index in [2.05, 4.69) is 0 Å². The molecule has 0 bridgehead atoms. The number of benzene rings is 3. The van der Waals surface area contributed by atoms with Crippen molar-refractivity contribution in [3.63, 3.8) is 0 Å². The van der Waals surface area contributed by atoms with Gasteiger partial charge in [0, 0.05) is 10.6 Å². The third-order valence-corrected chi connectivity index (χ3v) is 6.26. The molecule has 3 aromatic carbocycles. The molecule has 0 aliphatic carbocycles. The van der Waals surface area contributed by atoms with Crippen LogP contribution in [0.25, 0.3) is 0 Å². The quantitative estimate of drug-likeness (QED) is 0.308. The summed E-state index contributed by atoms with van der Waals surface area (Å²) in [6, 6.07) is 13.1. The molecule has 2 unspecified atom stereocenters. The van der Waals surface area contributed by atoms with Crippen LogP contribution in [0.3, 0.4) is 0 Å². The van der Waals surface area contributed by atoms with Crippen LogP contribution >= 0.6 is 11.6 Å². The molecule has 0 nitrogen and oxygen atoms in total. The molecule has 0 saturated carbocycles. The highest BCUT2D eigenvalue weighted by molar-refractivity contribution is 6.30. The van der Waals surface area contributed by atoms with E-state index in [1.165, 1.54) is 18.2 Å². The first-order valence-electron chi connectivity index (χ1n) is 10.8. The topological polar surface area (TPSA) is 0 Å². The summed E-state index contributed by atoms with van der Waals surface area (Å²) >= 11 is 5.93. The first-order valence-corrected chi connectivity index (χ1v) is 11.2. The number of rotatable bonds is 7. The van der Waals surface area contributed by atoms with Gasteiger partial charge in [-0.25, -0.2) is 17.6 Å². The minimum atomic E-state index is -0.948. The Hall–Kier alpha value is -2.33. The maximum Gasteiger partial charge on any atom is 0.162 e. The summed E-state index contributed by atoms with van der Waals surface area (Å²) in [5, 5.41) is 0.620. The van der Waals surface area contributed by atoms with Crippen molar-refractivity contribution in [2.75, 3.05) is 0 Å². The molecule has 0 aliphatic rings. The Morgan fingerprint density at radius 1 is 0.656 bits per heavy atom. The highest BCUT2D eigenvalue weighted by atomic mass is 35.5. The van der Waals surface area contributed by atoms with Crippen LogP contribution in [0.1, 0.15) is 73.3 Å². The molecule has 0 radical (unpaired) electrons. The zero-order chi connectivity index (χ0) is 23.6. The molecule has 0 aliphatic heterocycles. The van der Waals surface area contributed by atoms with Gasteiger partial charge >= 0.3 is 0 Å². The first-order chi connectivity index (χ1) is 15.1. The fraction of sp³-hybridized carbons (Fsp3) is 0.333. The first kappa shape index (κ1) is 24.3. The molecular weight excluding hydrogens is 436 g/mol. The predicted molar refractivity (Wildman–Crippen MR) is 122 cm³/mol. The van der Waals surface area contributed by atoms with Gasteiger partial charge in [-0.15, -0.1) is 0 Å². The largest absolute Gasteiger partial charge is 0.207 e. The van der Waals surface area contributed by atoms with Crippen LogP contribution in [0.2, 0.25) is 5.02 Å². The lowest BCUT2D eigenvalue weighted by Gasteiger charge is -2.19. The lowest BCUT2D eigenvalue weighted by Crippen LogP contribution is -2.11. The van der Waals surface area contributed by atoms with Crippen LogP contribution in [0.5, 0.6) is 0 Å². The summed E-state index contributed by atoms with van der Waals surface area (Å²) < 4.78 is 58.9. The summed E-state index contributed by atoms with van der Waals surface area (Å²) in [6.45, 7) is 7.15. The molecule has 170 valence electrons. The predicted octanol–water partition coefficient (Wildman–Crippen LogP) is 8.71. The van der Waals surface area contributed by atoms with Crippen LogP contribution < -0.4 is 0 Å². The van der Waals surface area contributed by atoms with Crippen molar-refractivity contribution in [1.82, 2.24) is 0 Å². The second-order valence-electron chi connectivity index (χ2n) is 8.79. The van der Waals surface area contributed by atoms with E-state index < -0.39 is 29.2 Å². The number of halogens is 5. The zero-order valence-electron chi connectivity index (χ0n) is 18.7. The summed E-state index contributed by atoms with van der Waals surface area (Å²) in [6.07, 6.45) is 0.366. The van der Waals surface area contributed by atoms with Crippen molar-refractivity contribution in [2.45, 2.75) is 58.3 Å². The van der Waals surface area contributed by atoms with Crippen LogP contribution in [0.4, 0.5) is 17.6 Å². The van der Waals surface area contributed by atoms with Crippen molar-refractivity contribution >= 4 is 11.6 Å². The molecule has 0 heterocycles. The van der Waals surface area contributed by atoms with Crippen LogP contribution in [0.15, 0.2) is 48.5 Å². The minimum Gasteiger partial charge on any atom is -0.207 e. The van der Waals surface area contributed by atoms with Gasteiger partial charge in [0.25, 0.3) is 0 Å². The van der Waals surface area contributed by atoms with Gasteiger partial charge in [0.05, 0.1) is 0 Å². The number of hydrogen-bond donors (Lipinski definition) is 0. The van der Waals surface area contributed by atoms with Crippen LogP contribution in [0, 0.1) is 23.3 Å². The summed E-state index contributed by atoms with van der Waals surface area (Å²) in [5.74, 6) is -3.99. The monoisotopic (exact) mass is 462 g/mol. The van der Waals surface area contributed by atoms with Gasteiger partial charge in [0.15, 0.2) is 11.6 Å². The SMILES string of the molecule is CC(C)c1ccc(CC(C)c2c(F)ccc(CC(C)c3ccc(Cl)cc3)c2F)c(F)c1F. The van der Waals surface area contributed by atoms with Crippen molar-refractivity contribution in [3.05, 3.63) is 105 Å². The Kier molecular flexibility index (Phi) is 7.66. The van der Waals surface area contributed by atoms with Gasteiger partial charge < -0.3 is 0 Å². The van der Waals surface area contributed by atoms with E-state index >= 15 is 4.39 Å². The van der Waals surface area contributed by atoms with E-state index in [1.54, 1.807) is 39.0 Å². The molecule has 32 heavy (non-hydrogen) atoms. The van der Waals surface area contributed by atoms with Gasteiger partial charge in [-0.1, -0.05) is 69.6 Å². The second kappa shape index (κ2) is 10.1. The maximum absolute atomic E-state index is 15.3. The fourth-order valence-electron chi connectivity index (χ4n) is 4.10. The molecule has 2 atom stereocenters. The molecule has 5 heteroatoms. The van der Waals surface area contributed by atoms with E-state index in [0.29, 0.717) is 17.0 Å². The average Bonchev–Trinajstić information content (AvgIpc) is 2.73. The molecule has 3 rings (SSSR count). The Labute approximate surface area is 192 Å². The smallest absolute Gasteiger partial charge is 0.162 e. The van der Waals surface area contributed by atoms with Crippen molar-refractivity contribution in [2.24, 2.45) is 0 Å². The van der Waals surface area contributed by atoms with Crippen LogP contribution in [-0.2, 0) is 12.8 Å². The van der Waals surface area contributed by atoms with Crippen LogP contribution in [-0.4, -0.2) is 0 Å². The summed E-state index contributed by atoms with van der Waals surface area (Å²) in [7, 11) is 0. The highest BCUT2D eigenvalue weighted by Gasteiger charge is 2.23. The lowest BCUT2D eigenvalue weighted by molar-refractivity contribution is 0.476.